The molecule has 0 saturated heterocycles. The van der Waals surface area contributed by atoms with Crippen molar-refractivity contribution in [1.29, 1.82) is 0 Å². The Morgan fingerprint density at radius 2 is 2.38 bits per heavy atom. The third kappa shape index (κ3) is 5.09. The van der Waals surface area contributed by atoms with Gasteiger partial charge in [0.2, 0.25) is 5.91 Å². The van der Waals surface area contributed by atoms with Crippen molar-refractivity contribution in [3.8, 4) is 0 Å². The minimum absolute atomic E-state index is 0.0103. The Bertz CT molecular complexity index is 340. The molecule has 90 valence electrons. The Kier molecular flexibility index (Phi) is 6.01. The van der Waals surface area contributed by atoms with Crippen LogP contribution in [0.5, 0.6) is 0 Å². The molecule has 0 aliphatic heterocycles. The van der Waals surface area contributed by atoms with Crippen LogP contribution in [-0.2, 0) is 11.2 Å². The number of aliphatic hydroxyl groups excluding tert-OH is 1. The van der Waals surface area contributed by atoms with Crippen molar-refractivity contribution in [2.75, 3.05) is 6.61 Å². The van der Waals surface area contributed by atoms with Crippen LogP contribution in [0.4, 0.5) is 0 Å². The Morgan fingerprint density at radius 3 is 2.94 bits per heavy atom. The molecule has 0 aromatic carbocycles. The molecule has 1 rings (SSSR count). The molecule has 1 unspecified atom stereocenters. The number of hydrogen-bond donors (Lipinski definition) is 2. The summed E-state index contributed by atoms with van der Waals surface area (Å²) in [5.41, 5.74) is 0. The van der Waals surface area contributed by atoms with Crippen molar-refractivity contribution < 1.29 is 9.90 Å². The van der Waals surface area contributed by atoms with Gasteiger partial charge in [-0.05, 0) is 47.8 Å². The fourth-order valence-electron chi connectivity index (χ4n) is 1.30. The molecule has 0 spiro atoms. The van der Waals surface area contributed by atoms with Gasteiger partial charge in [-0.1, -0.05) is 0 Å². The minimum atomic E-state index is -0.150. The Labute approximate surface area is 108 Å². The van der Waals surface area contributed by atoms with Crippen molar-refractivity contribution in [3.63, 3.8) is 0 Å². The van der Waals surface area contributed by atoms with Crippen molar-refractivity contribution in [1.82, 2.24) is 5.32 Å². The molecule has 1 atom stereocenters. The highest BCUT2D eigenvalue weighted by molar-refractivity contribution is 9.11. The van der Waals surface area contributed by atoms with Crippen molar-refractivity contribution in [2.24, 2.45) is 0 Å². The monoisotopic (exact) mass is 305 g/mol. The second-order valence-corrected chi connectivity index (χ2v) is 6.26. The van der Waals surface area contributed by atoms with E-state index in [4.69, 9.17) is 5.11 Å². The van der Waals surface area contributed by atoms with Crippen molar-refractivity contribution in [3.05, 3.63) is 20.8 Å². The lowest BCUT2D eigenvalue weighted by Crippen LogP contribution is -2.34. The first-order chi connectivity index (χ1) is 7.61. The lowest BCUT2D eigenvalue weighted by atomic mass is 10.2. The zero-order valence-corrected chi connectivity index (χ0v) is 11.6. The molecule has 0 bridgehead atoms. The molecule has 1 heterocycles. The fraction of sp³-hybridized carbons (Fsp3) is 0.545. The van der Waals surface area contributed by atoms with Crippen LogP contribution in [0.1, 0.15) is 24.6 Å². The maximum atomic E-state index is 11.4. The molecule has 5 heteroatoms. The quantitative estimate of drug-likeness (QED) is 0.847. The zero-order chi connectivity index (χ0) is 12.0. The van der Waals surface area contributed by atoms with Crippen LogP contribution in [0, 0.1) is 0 Å². The van der Waals surface area contributed by atoms with Crippen LogP contribution < -0.4 is 5.32 Å². The van der Waals surface area contributed by atoms with Gasteiger partial charge in [-0.3, -0.25) is 4.79 Å². The standard InChI is InChI=1S/C11H16BrNO2S/c1-8(7-14)13-11(15)4-2-3-9-5-6-10(12)16-9/h5-6,8,14H,2-4,7H2,1H3,(H,13,15). The van der Waals surface area contributed by atoms with Crippen LogP contribution in [0.2, 0.25) is 0 Å². The number of hydrogen-bond acceptors (Lipinski definition) is 3. The molecular weight excluding hydrogens is 290 g/mol. The number of aryl methyl sites for hydroxylation is 1. The largest absolute Gasteiger partial charge is 0.394 e. The summed E-state index contributed by atoms with van der Waals surface area (Å²) < 4.78 is 1.13. The van der Waals surface area contributed by atoms with Gasteiger partial charge in [-0.2, -0.15) is 0 Å². The molecule has 0 radical (unpaired) electrons. The van der Waals surface area contributed by atoms with E-state index in [1.165, 1.54) is 4.88 Å². The lowest BCUT2D eigenvalue weighted by Gasteiger charge is -2.10. The molecule has 2 N–H and O–H groups in total. The molecule has 1 amide bonds. The number of rotatable bonds is 6. The molecule has 0 fully saturated rings. The lowest BCUT2D eigenvalue weighted by molar-refractivity contribution is -0.122. The number of aliphatic hydroxyl groups is 1. The predicted molar refractivity (Wildman–Crippen MR) is 69.6 cm³/mol. The summed E-state index contributed by atoms with van der Waals surface area (Å²) in [7, 11) is 0. The Morgan fingerprint density at radius 1 is 1.62 bits per heavy atom. The van der Waals surface area contributed by atoms with E-state index in [0.29, 0.717) is 6.42 Å². The normalized spacial score (nSPS) is 12.4. The van der Waals surface area contributed by atoms with Gasteiger partial charge in [0.15, 0.2) is 0 Å². The molecular formula is C11H16BrNO2S. The first-order valence-electron chi connectivity index (χ1n) is 5.26. The minimum Gasteiger partial charge on any atom is -0.394 e. The maximum Gasteiger partial charge on any atom is 0.220 e. The smallest absolute Gasteiger partial charge is 0.220 e. The van der Waals surface area contributed by atoms with Gasteiger partial charge in [-0.15, -0.1) is 11.3 Å². The van der Waals surface area contributed by atoms with Gasteiger partial charge in [-0.25, -0.2) is 0 Å². The molecule has 16 heavy (non-hydrogen) atoms. The summed E-state index contributed by atoms with van der Waals surface area (Å²) in [6.07, 6.45) is 2.29. The fourth-order valence-corrected chi connectivity index (χ4v) is 2.83. The molecule has 0 aliphatic carbocycles. The Balaban J connectivity index is 2.18. The third-order valence-corrected chi connectivity index (χ3v) is 3.82. The van der Waals surface area contributed by atoms with Gasteiger partial charge in [0.05, 0.1) is 10.4 Å². The summed E-state index contributed by atoms with van der Waals surface area (Å²) in [5, 5.41) is 11.5. The van der Waals surface area contributed by atoms with Crippen LogP contribution >= 0.6 is 27.3 Å². The second-order valence-electron chi connectivity index (χ2n) is 3.71. The summed E-state index contributed by atoms with van der Waals surface area (Å²) in [6.45, 7) is 1.78. The highest BCUT2D eigenvalue weighted by atomic mass is 79.9. The zero-order valence-electron chi connectivity index (χ0n) is 9.20. The number of carbonyl (C=O) groups is 1. The number of thiophene rings is 1. The number of nitrogens with one attached hydrogen (secondary N) is 1. The summed E-state index contributed by atoms with van der Waals surface area (Å²) in [6, 6.07) is 3.94. The van der Waals surface area contributed by atoms with Gasteiger partial charge in [0, 0.05) is 17.3 Å². The molecule has 1 aromatic heterocycles. The van der Waals surface area contributed by atoms with E-state index in [1.807, 2.05) is 6.07 Å². The molecule has 3 nitrogen and oxygen atoms in total. The van der Waals surface area contributed by atoms with E-state index in [2.05, 4.69) is 27.3 Å². The van der Waals surface area contributed by atoms with Crippen molar-refractivity contribution >= 4 is 33.2 Å². The number of amides is 1. The third-order valence-electron chi connectivity index (χ3n) is 2.14. The summed E-state index contributed by atoms with van der Waals surface area (Å²) in [4.78, 5) is 12.7. The van der Waals surface area contributed by atoms with E-state index in [0.717, 1.165) is 16.6 Å². The SMILES string of the molecule is CC(CO)NC(=O)CCCc1ccc(Br)s1. The van der Waals surface area contributed by atoms with Crippen LogP contribution in [0.25, 0.3) is 0 Å². The maximum absolute atomic E-state index is 11.4. The van der Waals surface area contributed by atoms with Crippen LogP contribution in [0.3, 0.4) is 0 Å². The van der Waals surface area contributed by atoms with Crippen LogP contribution in [-0.4, -0.2) is 23.7 Å². The van der Waals surface area contributed by atoms with Crippen LogP contribution in [0.15, 0.2) is 15.9 Å². The van der Waals surface area contributed by atoms with E-state index >= 15 is 0 Å². The van der Waals surface area contributed by atoms with E-state index < -0.39 is 0 Å². The first-order valence-corrected chi connectivity index (χ1v) is 6.87. The molecule has 0 saturated carbocycles. The average Bonchev–Trinajstić information content (AvgIpc) is 2.64. The van der Waals surface area contributed by atoms with E-state index in [-0.39, 0.29) is 18.6 Å². The van der Waals surface area contributed by atoms with E-state index in [1.54, 1.807) is 18.3 Å². The summed E-state index contributed by atoms with van der Waals surface area (Å²) in [5.74, 6) is 0.0113. The van der Waals surface area contributed by atoms with Gasteiger partial charge in [0.25, 0.3) is 0 Å². The van der Waals surface area contributed by atoms with Gasteiger partial charge < -0.3 is 10.4 Å². The number of halogens is 1. The topological polar surface area (TPSA) is 49.3 Å². The number of carbonyl (C=O) groups excluding carboxylic acids is 1. The second kappa shape index (κ2) is 7.04. The highest BCUT2D eigenvalue weighted by Gasteiger charge is 2.06. The van der Waals surface area contributed by atoms with E-state index in [9.17, 15) is 4.79 Å². The van der Waals surface area contributed by atoms with Gasteiger partial charge in [0.1, 0.15) is 0 Å². The molecule has 0 aliphatic rings. The summed E-state index contributed by atoms with van der Waals surface area (Å²) >= 11 is 5.11. The Hall–Kier alpha value is -0.390. The van der Waals surface area contributed by atoms with Crippen molar-refractivity contribution in [2.45, 2.75) is 32.2 Å². The highest BCUT2D eigenvalue weighted by Crippen LogP contribution is 2.23. The molecule has 1 aromatic rings. The van der Waals surface area contributed by atoms with Gasteiger partial charge >= 0.3 is 0 Å². The predicted octanol–water partition coefficient (Wildman–Crippen LogP) is 2.33. The average molecular weight is 306 g/mol. The first kappa shape index (κ1) is 13.7.